The van der Waals surface area contributed by atoms with Crippen LogP contribution >= 0.6 is 23.2 Å². The first-order valence-corrected chi connectivity index (χ1v) is 7.53. The molecule has 4 nitrogen and oxygen atoms in total. The van der Waals surface area contributed by atoms with Gasteiger partial charge < -0.3 is 10.6 Å². The molecule has 0 spiro atoms. The van der Waals surface area contributed by atoms with Crippen molar-refractivity contribution in [2.24, 2.45) is 5.73 Å². The van der Waals surface area contributed by atoms with Gasteiger partial charge in [-0.15, -0.1) is 0 Å². The quantitative estimate of drug-likeness (QED) is 0.918. The molecule has 0 fully saturated rings. The highest BCUT2D eigenvalue weighted by Crippen LogP contribution is 2.28. The van der Waals surface area contributed by atoms with Gasteiger partial charge in [0.05, 0.1) is 29.5 Å². The minimum absolute atomic E-state index is 0.347. The van der Waals surface area contributed by atoms with Crippen molar-refractivity contribution in [3.8, 4) is 0 Å². The maximum absolute atomic E-state index is 6.37. The summed E-state index contributed by atoms with van der Waals surface area (Å²) in [5.74, 6) is 0. The molecule has 0 radical (unpaired) electrons. The summed E-state index contributed by atoms with van der Waals surface area (Å²) in [5, 5.41) is 5.61. The van der Waals surface area contributed by atoms with E-state index in [1.807, 2.05) is 43.9 Å². The monoisotopic (exact) mass is 326 g/mol. The molecule has 1 aromatic heterocycles. The van der Waals surface area contributed by atoms with E-state index in [1.54, 1.807) is 6.20 Å². The Labute approximate surface area is 135 Å². The van der Waals surface area contributed by atoms with Gasteiger partial charge in [0.25, 0.3) is 0 Å². The fourth-order valence-corrected chi connectivity index (χ4v) is 2.56. The van der Waals surface area contributed by atoms with Crippen molar-refractivity contribution in [3.05, 3.63) is 51.3 Å². The molecule has 1 unspecified atom stereocenters. The second-order valence-electron chi connectivity index (χ2n) is 5.39. The minimum Gasteiger partial charge on any atom is -0.319 e. The molecular weight excluding hydrogens is 307 g/mol. The van der Waals surface area contributed by atoms with E-state index in [4.69, 9.17) is 28.9 Å². The molecule has 2 N–H and O–H groups in total. The van der Waals surface area contributed by atoms with Crippen LogP contribution in [0.5, 0.6) is 0 Å². The highest BCUT2D eigenvalue weighted by molar-refractivity contribution is 6.31. The summed E-state index contributed by atoms with van der Waals surface area (Å²) in [6.07, 6.45) is 1.64. The molecule has 0 saturated carbocycles. The minimum atomic E-state index is -0.347. The Morgan fingerprint density at radius 2 is 2.00 bits per heavy atom. The number of nitrogens with two attached hydrogens (primary N) is 1. The normalized spacial score (nSPS) is 12.9. The molecule has 2 rings (SSSR count). The SMILES string of the molecule is Cc1ccc(C(N)c2c(Cl)cnn2CCN(C)C)cc1Cl. The van der Waals surface area contributed by atoms with E-state index in [1.165, 1.54) is 0 Å². The van der Waals surface area contributed by atoms with Gasteiger partial charge >= 0.3 is 0 Å². The Bertz CT molecular complexity index is 622. The third-order valence-corrected chi connectivity index (χ3v) is 4.14. The van der Waals surface area contributed by atoms with E-state index in [0.717, 1.165) is 29.9 Å². The van der Waals surface area contributed by atoms with Gasteiger partial charge in [0.15, 0.2) is 0 Å². The average Bonchev–Trinajstić information content (AvgIpc) is 2.80. The number of hydrogen-bond donors (Lipinski definition) is 1. The summed E-state index contributed by atoms with van der Waals surface area (Å²) >= 11 is 12.5. The van der Waals surface area contributed by atoms with Crippen LogP contribution in [0.25, 0.3) is 0 Å². The maximum atomic E-state index is 6.37. The third-order valence-electron chi connectivity index (χ3n) is 3.44. The van der Waals surface area contributed by atoms with Crippen LogP contribution in [0.3, 0.4) is 0 Å². The Morgan fingerprint density at radius 3 is 2.62 bits per heavy atom. The zero-order chi connectivity index (χ0) is 15.6. The predicted octanol–water partition coefficient (Wildman–Crippen LogP) is 3.11. The first-order chi connectivity index (χ1) is 9.90. The Morgan fingerprint density at radius 1 is 1.29 bits per heavy atom. The summed E-state index contributed by atoms with van der Waals surface area (Å²) in [6.45, 7) is 3.57. The Hall–Kier alpha value is -1.07. The lowest BCUT2D eigenvalue weighted by Crippen LogP contribution is -2.23. The number of halogens is 2. The van der Waals surface area contributed by atoms with Gasteiger partial charge in [-0.05, 0) is 38.2 Å². The van der Waals surface area contributed by atoms with Crippen molar-refractivity contribution in [3.63, 3.8) is 0 Å². The molecule has 21 heavy (non-hydrogen) atoms. The van der Waals surface area contributed by atoms with Crippen LogP contribution in [-0.4, -0.2) is 35.3 Å². The van der Waals surface area contributed by atoms with Crippen molar-refractivity contribution in [1.82, 2.24) is 14.7 Å². The highest BCUT2D eigenvalue weighted by atomic mass is 35.5. The molecule has 2 aromatic rings. The zero-order valence-electron chi connectivity index (χ0n) is 12.5. The van der Waals surface area contributed by atoms with Crippen LogP contribution in [0.1, 0.15) is 22.9 Å². The smallest absolute Gasteiger partial charge is 0.0837 e. The molecule has 1 aromatic carbocycles. The Kier molecular flexibility index (Phi) is 5.27. The first-order valence-electron chi connectivity index (χ1n) is 6.77. The molecule has 1 atom stereocenters. The van der Waals surface area contributed by atoms with Gasteiger partial charge in [0.1, 0.15) is 0 Å². The van der Waals surface area contributed by atoms with Crippen LogP contribution in [0, 0.1) is 6.92 Å². The lowest BCUT2D eigenvalue weighted by molar-refractivity contribution is 0.368. The molecule has 0 saturated heterocycles. The molecule has 0 aliphatic heterocycles. The molecule has 0 bridgehead atoms. The molecule has 0 aliphatic rings. The summed E-state index contributed by atoms with van der Waals surface area (Å²) in [7, 11) is 4.04. The molecule has 0 aliphatic carbocycles. The van der Waals surface area contributed by atoms with E-state index in [2.05, 4.69) is 10.00 Å². The summed E-state index contributed by atoms with van der Waals surface area (Å²) in [4.78, 5) is 2.09. The molecule has 6 heteroatoms. The van der Waals surface area contributed by atoms with Crippen LogP contribution < -0.4 is 5.73 Å². The van der Waals surface area contributed by atoms with Crippen molar-refractivity contribution in [2.75, 3.05) is 20.6 Å². The van der Waals surface area contributed by atoms with E-state index in [0.29, 0.717) is 10.0 Å². The number of likely N-dealkylation sites (N-methyl/N-ethyl adjacent to an activating group) is 1. The van der Waals surface area contributed by atoms with Gasteiger partial charge in [-0.25, -0.2) is 0 Å². The lowest BCUT2D eigenvalue weighted by Gasteiger charge is -2.17. The standard InChI is InChI=1S/C15H20Cl2N4/c1-10-4-5-11(8-12(10)16)14(18)15-13(17)9-19-21(15)7-6-20(2)3/h4-5,8-9,14H,6-7,18H2,1-3H3. The number of aryl methyl sites for hydroxylation is 1. The molecular formula is C15H20Cl2N4. The van der Waals surface area contributed by atoms with Crippen LogP contribution in [-0.2, 0) is 6.54 Å². The summed E-state index contributed by atoms with van der Waals surface area (Å²) < 4.78 is 1.86. The van der Waals surface area contributed by atoms with Gasteiger partial charge in [-0.2, -0.15) is 5.10 Å². The predicted molar refractivity (Wildman–Crippen MR) is 88.0 cm³/mol. The van der Waals surface area contributed by atoms with E-state index >= 15 is 0 Å². The van der Waals surface area contributed by atoms with Crippen LogP contribution in [0.4, 0.5) is 0 Å². The van der Waals surface area contributed by atoms with Crippen molar-refractivity contribution < 1.29 is 0 Å². The number of aromatic nitrogens is 2. The second kappa shape index (κ2) is 6.79. The fraction of sp³-hybridized carbons (Fsp3) is 0.400. The maximum Gasteiger partial charge on any atom is 0.0837 e. The summed E-state index contributed by atoms with van der Waals surface area (Å²) in [6, 6.07) is 5.48. The zero-order valence-corrected chi connectivity index (χ0v) is 14.0. The number of hydrogen-bond acceptors (Lipinski definition) is 3. The molecule has 114 valence electrons. The van der Waals surface area contributed by atoms with Crippen molar-refractivity contribution in [1.29, 1.82) is 0 Å². The Balaban J connectivity index is 2.31. The van der Waals surface area contributed by atoms with Crippen molar-refractivity contribution in [2.45, 2.75) is 19.5 Å². The first kappa shape index (κ1) is 16.3. The number of benzene rings is 1. The van der Waals surface area contributed by atoms with E-state index < -0.39 is 0 Å². The average molecular weight is 327 g/mol. The largest absolute Gasteiger partial charge is 0.319 e. The van der Waals surface area contributed by atoms with Gasteiger partial charge in [-0.3, -0.25) is 4.68 Å². The van der Waals surface area contributed by atoms with E-state index in [-0.39, 0.29) is 6.04 Å². The topological polar surface area (TPSA) is 47.1 Å². The fourth-order valence-electron chi connectivity index (χ4n) is 2.11. The number of nitrogens with zero attached hydrogens (tertiary/aromatic N) is 3. The van der Waals surface area contributed by atoms with Gasteiger partial charge in [-0.1, -0.05) is 35.3 Å². The van der Waals surface area contributed by atoms with Gasteiger partial charge in [0, 0.05) is 11.6 Å². The van der Waals surface area contributed by atoms with Crippen molar-refractivity contribution >= 4 is 23.2 Å². The molecule has 0 amide bonds. The third kappa shape index (κ3) is 3.77. The van der Waals surface area contributed by atoms with Crippen LogP contribution in [0.2, 0.25) is 10.0 Å². The van der Waals surface area contributed by atoms with E-state index in [9.17, 15) is 0 Å². The lowest BCUT2D eigenvalue weighted by atomic mass is 10.0. The van der Waals surface area contributed by atoms with Gasteiger partial charge in [0.2, 0.25) is 0 Å². The summed E-state index contributed by atoms with van der Waals surface area (Å²) in [5.41, 5.74) is 9.15. The number of rotatable bonds is 5. The second-order valence-corrected chi connectivity index (χ2v) is 6.20. The molecule has 1 heterocycles. The highest BCUT2D eigenvalue weighted by Gasteiger charge is 2.19. The van der Waals surface area contributed by atoms with Crippen LogP contribution in [0.15, 0.2) is 24.4 Å².